The molecule has 3 heteroatoms. The first-order valence-electron chi connectivity index (χ1n) is 3.25. The highest BCUT2D eigenvalue weighted by Crippen LogP contribution is 1.99. The average Bonchev–Trinajstić information content (AvgIpc) is 2.03. The second-order valence-electron chi connectivity index (χ2n) is 2.09. The third-order valence-electron chi connectivity index (χ3n) is 1.22. The smallest absolute Gasteiger partial charge is 0.318 e. The summed E-state index contributed by atoms with van der Waals surface area (Å²) < 4.78 is 4.75. The van der Waals surface area contributed by atoms with Crippen LogP contribution in [0.15, 0.2) is 30.3 Å². The molecule has 0 unspecified atom stereocenters. The lowest BCUT2D eigenvalue weighted by Gasteiger charge is -2.01. The van der Waals surface area contributed by atoms with Gasteiger partial charge in [0.05, 0.1) is 0 Å². The Morgan fingerprint density at radius 2 is 2.00 bits per heavy atom. The number of ether oxygens (including phenoxy) is 1. The minimum absolute atomic E-state index is 0.325. The van der Waals surface area contributed by atoms with Gasteiger partial charge in [0.15, 0.2) is 4.83 Å². The van der Waals surface area contributed by atoms with Crippen LogP contribution in [0, 0.1) is 0 Å². The second kappa shape index (κ2) is 4.17. The summed E-state index contributed by atoms with van der Waals surface area (Å²) in [4.78, 5) is 10.0. The van der Waals surface area contributed by atoms with E-state index in [2.05, 4.69) is 0 Å². The van der Waals surface area contributed by atoms with Gasteiger partial charge in [0.1, 0.15) is 6.61 Å². The van der Waals surface area contributed by atoms with Crippen molar-refractivity contribution in [2.75, 3.05) is 0 Å². The van der Waals surface area contributed by atoms with Gasteiger partial charge in [-0.25, -0.2) is 0 Å². The van der Waals surface area contributed by atoms with Gasteiger partial charge in [-0.15, -0.1) is 0 Å². The Morgan fingerprint density at radius 3 is 2.55 bits per heavy atom. The fourth-order valence-corrected chi connectivity index (χ4v) is 0.812. The molecule has 11 heavy (non-hydrogen) atoms. The Morgan fingerprint density at radius 1 is 1.36 bits per heavy atom. The molecular weight excluding hydrogens is 155 g/mol. The van der Waals surface area contributed by atoms with E-state index in [1.807, 2.05) is 46.6 Å². The van der Waals surface area contributed by atoms with Crippen molar-refractivity contribution in [1.29, 1.82) is 0 Å². The molecule has 0 aromatic heterocycles. The maximum absolute atomic E-state index is 10.4. The normalized spacial score (nSPS) is 9.09. The molecule has 54 valence electrons. The third-order valence-corrected chi connectivity index (χ3v) is 1.39. The molecule has 0 fully saturated rings. The molecule has 0 atom stereocenters. The fraction of sp³-hybridized carbons (Fsp3) is 0.125. The number of rotatable bonds is 2. The highest BCUT2D eigenvalue weighted by Gasteiger charge is 1.92. The molecule has 2 radical (unpaired) electrons. The Bertz CT molecular complexity index is 233. The summed E-state index contributed by atoms with van der Waals surface area (Å²) in [6, 6.07) is 9.56. The summed E-state index contributed by atoms with van der Waals surface area (Å²) in [5.74, 6) is 0. The van der Waals surface area contributed by atoms with Crippen molar-refractivity contribution in [3.05, 3.63) is 35.9 Å². The summed E-state index contributed by atoms with van der Waals surface area (Å²) in [6.45, 7) is 0.350. The molecule has 0 saturated carbocycles. The van der Waals surface area contributed by atoms with Crippen LogP contribution in [0.4, 0.5) is 4.79 Å². The molecule has 0 heterocycles. The summed E-state index contributed by atoms with van der Waals surface area (Å²) >= 11 is 1.97. The van der Waals surface area contributed by atoms with E-state index in [4.69, 9.17) is 4.74 Å². The van der Waals surface area contributed by atoms with Crippen LogP contribution in [0.5, 0.6) is 0 Å². The minimum Gasteiger partial charge on any atom is -0.478 e. The van der Waals surface area contributed by atoms with Gasteiger partial charge < -0.3 is 4.74 Å². The van der Waals surface area contributed by atoms with E-state index < -0.39 is 0 Å². The maximum atomic E-state index is 10.4. The van der Waals surface area contributed by atoms with Crippen LogP contribution in [0.3, 0.4) is 0 Å². The number of carbonyl (C=O) groups is 1. The van der Waals surface area contributed by atoms with E-state index in [9.17, 15) is 4.79 Å². The molecule has 0 spiro atoms. The third kappa shape index (κ3) is 3.22. The second-order valence-corrected chi connectivity index (χ2v) is 2.56. The highest BCUT2D eigenvalue weighted by atomic mass is 27.0. The average molecular weight is 162 g/mol. The van der Waals surface area contributed by atoms with Crippen LogP contribution in [-0.2, 0) is 11.3 Å². The van der Waals surface area contributed by atoms with Crippen LogP contribution < -0.4 is 0 Å². The van der Waals surface area contributed by atoms with E-state index in [1.165, 1.54) is 0 Å². The van der Waals surface area contributed by atoms with Gasteiger partial charge >= 0.3 is 16.3 Å². The fourth-order valence-electron chi connectivity index (χ4n) is 0.729. The Kier molecular flexibility index (Phi) is 3.16. The van der Waals surface area contributed by atoms with Crippen molar-refractivity contribution >= 4 is 21.1 Å². The molecule has 0 N–H and O–H groups in total. The molecule has 0 aliphatic carbocycles. The first-order valence-corrected chi connectivity index (χ1v) is 3.83. The predicted molar refractivity (Wildman–Crippen MR) is 42.4 cm³/mol. The minimum atomic E-state index is -0.325. The zero-order valence-electron chi connectivity index (χ0n) is 5.99. The molecular formula is C8H7AlO2. The Balaban J connectivity index is 2.45. The van der Waals surface area contributed by atoms with E-state index in [-0.39, 0.29) is 4.83 Å². The largest absolute Gasteiger partial charge is 0.478 e. The highest BCUT2D eigenvalue weighted by molar-refractivity contribution is 6.55. The van der Waals surface area contributed by atoms with Gasteiger partial charge in [-0.1, -0.05) is 30.3 Å². The predicted octanol–water partition coefficient (Wildman–Crippen LogP) is 1.49. The lowest BCUT2D eigenvalue weighted by atomic mass is 10.2. The summed E-state index contributed by atoms with van der Waals surface area (Å²) in [7, 11) is 0. The van der Waals surface area contributed by atoms with E-state index in [1.54, 1.807) is 0 Å². The summed E-state index contributed by atoms with van der Waals surface area (Å²) in [5.41, 5.74) is 1.00. The Labute approximate surface area is 73.6 Å². The SMILES string of the molecule is O=[C]([Al])OCc1ccccc1. The van der Waals surface area contributed by atoms with Crippen LogP contribution in [-0.4, -0.2) is 21.1 Å². The molecule has 0 bridgehead atoms. The standard InChI is InChI=1S/C8H7O2.Al/c9-7-10-6-8-4-2-1-3-5-8;/h1-5H,6H2;. The van der Waals surface area contributed by atoms with Gasteiger partial charge in [0.2, 0.25) is 0 Å². The van der Waals surface area contributed by atoms with Crippen molar-refractivity contribution < 1.29 is 9.53 Å². The molecule has 0 amide bonds. The van der Waals surface area contributed by atoms with Crippen molar-refractivity contribution in [2.45, 2.75) is 6.61 Å². The molecule has 1 aromatic carbocycles. The van der Waals surface area contributed by atoms with Crippen LogP contribution in [0.1, 0.15) is 5.56 Å². The van der Waals surface area contributed by atoms with Crippen molar-refractivity contribution in [3.63, 3.8) is 0 Å². The number of benzene rings is 1. The van der Waals surface area contributed by atoms with Gasteiger partial charge in [-0.05, 0) is 5.56 Å². The van der Waals surface area contributed by atoms with Gasteiger partial charge in [0, 0.05) is 0 Å². The van der Waals surface area contributed by atoms with Crippen LogP contribution in [0.25, 0.3) is 0 Å². The molecule has 1 rings (SSSR count). The summed E-state index contributed by atoms with van der Waals surface area (Å²) in [5, 5.41) is 0. The van der Waals surface area contributed by atoms with Crippen molar-refractivity contribution in [1.82, 2.24) is 0 Å². The van der Waals surface area contributed by atoms with Crippen molar-refractivity contribution in [3.8, 4) is 0 Å². The number of hydrogen-bond acceptors (Lipinski definition) is 2. The van der Waals surface area contributed by atoms with Gasteiger partial charge in [0.25, 0.3) is 0 Å². The van der Waals surface area contributed by atoms with Crippen molar-refractivity contribution in [2.24, 2.45) is 0 Å². The monoisotopic (exact) mass is 162 g/mol. The summed E-state index contributed by atoms with van der Waals surface area (Å²) in [6.07, 6.45) is 0. The molecule has 2 nitrogen and oxygen atoms in total. The lowest BCUT2D eigenvalue weighted by molar-refractivity contribution is 0.167. The molecule has 0 saturated heterocycles. The van der Waals surface area contributed by atoms with Crippen LogP contribution >= 0.6 is 0 Å². The first-order chi connectivity index (χ1) is 5.29. The quantitative estimate of drug-likeness (QED) is 0.616. The van der Waals surface area contributed by atoms with E-state index in [0.717, 1.165) is 5.56 Å². The van der Waals surface area contributed by atoms with E-state index in [0.29, 0.717) is 6.61 Å². The molecule has 0 aliphatic rings. The topological polar surface area (TPSA) is 26.3 Å². The maximum Gasteiger partial charge on any atom is 0.318 e. The number of hydrogen-bond donors (Lipinski definition) is 0. The zero-order valence-corrected chi connectivity index (χ0v) is 7.14. The molecule has 0 aliphatic heterocycles. The Hall–Kier alpha value is -0.778. The zero-order chi connectivity index (χ0) is 8.10. The molecule has 1 aromatic rings. The number of carbonyl (C=O) groups excluding carboxylic acids is 1. The first kappa shape index (κ1) is 8.32. The van der Waals surface area contributed by atoms with E-state index >= 15 is 0 Å². The van der Waals surface area contributed by atoms with Gasteiger partial charge in [-0.3, -0.25) is 4.79 Å². The van der Waals surface area contributed by atoms with Gasteiger partial charge in [-0.2, -0.15) is 0 Å². The van der Waals surface area contributed by atoms with Crippen LogP contribution in [0.2, 0.25) is 0 Å². The lowest BCUT2D eigenvalue weighted by Crippen LogP contribution is -2.00.